The van der Waals surface area contributed by atoms with Gasteiger partial charge < -0.3 is 9.84 Å². The lowest BCUT2D eigenvalue weighted by molar-refractivity contribution is -0.000365. The van der Waals surface area contributed by atoms with E-state index in [-0.39, 0.29) is 23.1 Å². The molecule has 1 aromatic carbocycles. The second-order valence-electron chi connectivity index (χ2n) is 9.80. The number of aliphatic hydroxyl groups is 1. The molecule has 1 heterocycles. The summed E-state index contributed by atoms with van der Waals surface area (Å²) < 4.78 is 21.0. The van der Waals surface area contributed by atoms with Crippen LogP contribution in [0.15, 0.2) is 12.1 Å². The lowest BCUT2D eigenvalue weighted by Crippen LogP contribution is -2.36. The Kier molecular flexibility index (Phi) is 6.29. The number of hydrogen-bond acceptors (Lipinski definition) is 3. The molecule has 0 spiro atoms. The maximum absolute atomic E-state index is 15.3. The van der Waals surface area contributed by atoms with E-state index >= 15 is 4.39 Å². The molecule has 3 nitrogen and oxygen atoms in total. The van der Waals surface area contributed by atoms with Crippen LogP contribution in [-0.2, 0) is 11.2 Å². The lowest BCUT2D eigenvalue weighted by atomic mass is 9.76. The minimum Gasteiger partial charge on any atom is -0.458 e. The van der Waals surface area contributed by atoms with E-state index in [0.29, 0.717) is 12.3 Å². The highest BCUT2D eigenvalue weighted by Crippen LogP contribution is 2.41. The fourth-order valence-electron chi connectivity index (χ4n) is 5.79. The number of fused-ring (bicyclic) bond motifs is 1. The van der Waals surface area contributed by atoms with Gasteiger partial charge in [-0.3, -0.25) is 0 Å². The standard InChI is InChI=1S/C25H35FO3/c1-3-16-6-10-18(11-7-16)24(27)20-13-12-19-14-21(17-8-4-15(2)5-9-17)29-25(28)22(19)23(20)26/h12-13,15-18,21,24,27H,3-11,14H2,1-2H3. The third-order valence-electron chi connectivity index (χ3n) is 7.96. The Hall–Kier alpha value is -1.42. The second-order valence-corrected chi connectivity index (χ2v) is 9.80. The summed E-state index contributed by atoms with van der Waals surface area (Å²) >= 11 is 0. The van der Waals surface area contributed by atoms with E-state index in [9.17, 15) is 9.90 Å². The van der Waals surface area contributed by atoms with Gasteiger partial charge in [0.1, 0.15) is 11.9 Å². The van der Waals surface area contributed by atoms with E-state index in [1.807, 2.05) is 6.07 Å². The Morgan fingerprint density at radius 3 is 2.45 bits per heavy atom. The van der Waals surface area contributed by atoms with Gasteiger partial charge in [-0.05, 0) is 54.9 Å². The van der Waals surface area contributed by atoms with Gasteiger partial charge in [0, 0.05) is 12.0 Å². The molecule has 29 heavy (non-hydrogen) atoms. The minimum atomic E-state index is -0.844. The molecule has 1 aromatic rings. The predicted molar refractivity (Wildman–Crippen MR) is 111 cm³/mol. The Morgan fingerprint density at radius 1 is 1.10 bits per heavy atom. The van der Waals surface area contributed by atoms with Crippen molar-refractivity contribution in [2.24, 2.45) is 23.7 Å². The number of esters is 1. The van der Waals surface area contributed by atoms with Crippen LogP contribution < -0.4 is 0 Å². The molecular formula is C25H35FO3. The number of aliphatic hydroxyl groups excluding tert-OH is 1. The summed E-state index contributed by atoms with van der Waals surface area (Å²) in [4.78, 5) is 12.7. The summed E-state index contributed by atoms with van der Waals surface area (Å²) in [5.41, 5.74) is 1.07. The first kappa shape index (κ1) is 20.8. The minimum absolute atomic E-state index is 0.0595. The van der Waals surface area contributed by atoms with Gasteiger partial charge in [-0.25, -0.2) is 9.18 Å². The zero-order chi connectivity index (χ0) is 20.5. The number of ether oxygens (including phenoxy) is 1. The van der Waals surface area contributed by atoms with E-state index in [1.54, 1.807) is 6.07 Å². The first-order valence-corrected chi connectivity index (χ1v) is 11.7. The normalized spacial score (nSPS) is 33.7. The molecule has 0 saturated heterocycles. The van der Waals surface area contributed by atoms with Crippen LogP contribution in [0.2, 0.25) is 0 Å². The van der Waals surface area contributed by atoms with Gasteiger partial charge in [-0.1, -0.05) is 58.1 Å². The van der Waals surface area contributed by atoms with Crippen LogP contribution in [0.4, 0.5) is 4.39 Å². The molecule has 0 aromatic heterocycles. The van der Waals surface area contributed by atoms with Crippen LogP contribution >= 0.6 is 0 Å². The van der Waals surface area contributed by atoms with Crippen molar-refractivity contribution in [2.45, 2.75) is 90.3 Å². The third-order valence-corrected chi connectivity index (χ3v) is 7.96. The maximum atomic E-state index is 15.3. The third kappa shape index (κ3) is 4.23. The van der Waals surface area contributed by atoms with Crippen molar-refractivity contribution in [3.63, 3.8) is 0 Å². The number of benzene rings is 1. The summed E-state index contributed by atoms with van der Waals surface area (Å²) in [6.45, 7) is 4.48. The molecule has 2 aliphatic carbocycles. The number of rotatable bonds is 4. The van der Waals surface area contributed by atoms with Gasteiger partial charge in [0.25, 0.3) is 0 Å². The molecule has 2 saturated carbocycles. The molecule has 0 amide bonds. The van der Waals surface area contributed by atoms with Gasteiger partial charge in [0.2, 0.25) is 0 Å². The largest absolute Gasteiger partial charge is 0.458 e. The number of carbonyl (C=O) groups excluding carboxylic acids is 1. The van der Waals surface area contributed by atoms with E-state index in [4.69, 9.17) is 4.74 Å². The zero-order valence-corrected chi connectivity index (χ0v) is 17.8. The van der Waals surface area contributed by atoms with Gasteiger partial charge in [-0.2, -0.15) is 0 Å². The highest BCUT2D eigenvalue weighted by molar-refractivity contribution is 5.93. The van der Waals surface area contributed by atoms with Gasteiger partial charge in [0.05, 0.1) is 11.7 Å². The molecule has 0 radical (unpaired) electrons. The number of halogens is 1. The quantitative estimate of drug-likeness (QED) is 0.630. The van der Waals surface area contributed by atoms with Crippen LogP contribution in [0.1, 0.15) is 99.2 Å². The van der Waals surface area contributed by atoms with Crippen molar-refractivity contribution in [3.8, 4) is 0 Å². The number of cyclic esters (lactones) is 1. The van der Waals surface area contributed by atoms with Crippen molar-refractivity contribution in [2.75, 3.05) is 0 Å². The van der Waals surface area contributed by atoms with Gasteiger partial charge in [0.15, 0.2) is 0 Å². The summed E-state index contributed by atoms with van der Waals surface area (Å²) in [5, 5.41) is 10.9. The van der Waals surface area contributed by atoms with Crippen molar-refractivity contribution in [3.05, 3.63) is 34.6 Å². The summed E-state index contributed by atoms with van der Waals surface area (Å²) in [5.74, 6) is 0.810. The second kappa shape index (κ2) is 8.75. The Morgan fingerprint density at radius 2 is 1.79 bits per heavy atom. The van der Waals surface area contributed by atoms with Crippen LogP contribution in [0.3, 0.4) is 0 Å². The smallest absolute Gasteiger partial charge is 0.341 e. The fraction of sp³-hybridized carbons (Fsp3) is 0.720. The molecule has 4 heteroatoms. The highest BCUT2D eigenvalue weighted by atomic mass is 19.1. The van der Waals surface area contributed by atoms with Crippen LogP contribution in [0.5, 0.6) is 0 Å². The monoisotopic (exact) mass is 402 g/mol. The molecule has 3 aliphatic rings. The summed E-state index contributed by atoms with van der Waals surface area (Å²) in [6, 6.07) is 3.57. The molecule has 4 rings (SSSR count). The maximum Gasteiger partial charge on any atom is 0.341 e. The fourth-order valence-corrected chi connectivity index (χ4v) is 5.79. The van der Waals surface area contributed by atoms with E-state index in [0.717, 1.165) is 55.9 Å². The van der Waals surface area contributed by atoms with Crippen molar-refractivity contribution >= 4 is 5.97 Å². The molecule has 2 unspecified atom stereocenters. The van der Waals surface area contributed by atoms with Crippen LogP contribution in [0, 0.1) is 29.5 Å². The molecule has 0 bridgehead atoms. The Bertz CT molecular complexity index is 730. The van der Waals surface area contributed by atoms with Crippen molar-refractivity contribution < 1.29 is 19.0 Å². The topological polar surface area (TPSA) is 46.5 Å². The van der Waals surface area contributed by atoms with Crippen molar-refractivity contribution in [1.29, 1.82) is 0 Å². The SMILES string of the molecule is CCC1CCC(C(O)c2ccc3c(c2F)C(=O)OC(C2CCC(C)CC2)C3)CC1. The molecule has 2 fully saturated rings. The number of carbonyl (C=O) groups is 1. The average Bonchev–Trinajstić information content (AvgIpc) is 2.74. The molecule has 1 N–H and O–H groups in total. The predicted octanol–water partition coefficient (Wildman–Crippen LogP) is 5.98. The molecule has 160 valence electrons. The van der Waals surface area contributed by atoms with Crippen LogP contribution in [-0.4, -0.2) is 17.2 Å². The Labute approximate surface area is 174 Å². The first-order chi connectivity index (χ1) is 14.0. The van der Waals surface area contributed by atoms with Crippen molar-refractivity contribution in [1.82, 2.24) is 0 Å². The molecule has 2 atom stereocenters. The summed E-state index contributed by atoms with van der Waals surface area (Å²) in [7, 11) is 0. The lowest BCUT2D eigenvalue weighted by Gasteiger charge is -2.35. The van der Waals surface area contributed by atoms with E-state index < -0.39 is 17.9 Å². The van der Waals surface area contributed by atoms with Crippen LogP contribution in [0.25, 0.3) is 0 Å². The average molecular weight is 403 g/mol. The zero-order valence-electron chi connectivity index (χ0n) is 17.8. The Balaban J connectivity index is 1.50. The molecule has 1 aliphatic heterocycles. The molecular weight excluding hydrogens is 367 g/mol. The number of hydrogen-bond donors (Lipinski definition) is 1. The highest BCUT2D eigenvalue weighted by Gasteiger charge is 2.37. The van der Waals surface area contributed by atoms with E-state index in [2.05, 4.69) is 13.8 Å². The summed E-state index contributed by atoms with van der Waals surface area (Å²) in [6.07, 6.45) is 9.30. The van der Waals surface area contributed by atoms with Gasteiger partial charge in [-0.15, -0.1) is 0 Å². The first-order valence-electron chi connectivity index (χ1n) is 11.7. The van der Waals surface area contributed by atoms with E-state index in [1.165, 1.54) is 19.3 Å². The van der Waals surface area contributed by atoms with Gasteiger partial charge >= 0.3 is 5.97 Å².